The molecular formula is C14H25N3O. The fraction of sp³-hybridized carbons (Fsp3) is 0.643. The first-order chi connectivity index (χ1) is 8.76. The lowest BCUT2D eigenvalue weighted by atomic mass is 10.1. The third kappa shape index (κ3) is 3.88. The van der Waals surface area contributed by atoms with Gasteiger partial charge < -0.3 is 15.0 Å². The molecule has 1 rings (SSSR count). The molecular weight excluding hydrogens is 226 g/mol. The van der Waals surface area contributed by atoms with Crippen LogP contribution in [0.15, 0.2) is 18.5 Å². The third-order valence-electron chi connectivity index (χ3n) is 3.26. The molecule has 0 bridgehead atoms. The van der Waals surface area contributed by atoms with E-state index in [0.717, 1.165) is 37.4 Å². The molecule has 1 N–H and O–H groups in total. The molecule has 0 unspecified atom stereocenters. The summed E-state index contributed by atoms with van der Waals surface area (Å²) in [7, 11) is 3.66. The van der Waals surface area contributed by atoms with E-state index in [-0.39, 0.29) is 0 Å². The van der Waals surface area contributed by atoms with E-state index in [2.05, 4.69) is 35.1 Å². The summed E-state index contributed by atoms with van der Waals surface area (Å²) in [6, 6.07) is 2.68. The van der Waals surface area contributed by atoms with Gasteiger partial charge >= 0.3 is 0 Å². The van der Waals surface area contributed by atoms with Crippen LogP contribution in [0.1, 0.15) is 26.7 Å². The van der Waals surface area contributed by atoms with Gasteiger partial charge in [0.25, 0.3) is 0 Å². The molecule has 0 saturated heterocycles. The minimum absolute atomic E-state index is 0.536. The van der Waals surface area contributed by atoms with Crippen LogP contribution in [0.25, 0.3) is 0 Å². The molecule has 0 spiro atoms. The maximum atomic E-state index is 5.21. The SMILES string of the molecule is CCC(CC)N(CCOC)c1cncc(NC)c1. The summed E-state index contributed by atoms with van der Waals surface area (Å²) >= 11 is 0. The lowest BCUT2D eigenvalue weighted by Gasteiger charge is -2.32. The van der Waals surface area contributed by atoms with Crippen LogP contribution in [-0.2, 0) is 4.74 Å². The quantitative estimate of drug-likeness (QED) is 0.771. The van der Waals surface area contributed by atoms with Crippen molar-refractivity contribution in [2.75, 3.05) is 37.5 Å². The van der Waals surface area contributed by atoms with Crippen molar-refractivity contribution in [2.24, 2.45) is 0 Å². The Hall–Kier alpha value is -1.29. The smallest absolute Gasteiger partial charge is 0.0637 e. The van der Waals surface area contributed by atoms with Crippen LogP contribution in [0.2, 0.25) is 0 Å². The first-order valence-electron chi connectivity index (χ1n) is 6.65. The number of rotatable bonds is 8. The number of nitrogens with zero attached hydrogens (tertiary/aromatic N) is 2. The second-order valence-corrected chi connectivity index (χ2v) is 4.34. The summed E-state index contributed by atoms with van der Waals surface area (Å²) in [4.78, 5) is 6.68. The zero-order valence-electron chi connectivity index (χ0n) is 11.9. The average Bonchev–Trinajstić information content (AvgIpc) is 2.43. The summed E-state index contributed by atoms with van der Waals surface area (Å²) < 4.78 is 5.21. The van der Waals surface area contributed by atoms with Crippen LogP contribution in [0.4, 0.5) is 11.4 Å². The minimum atomic E-state index is 0.536. The molecule has 4 heteroatoms. The van der Waals surface area contributed by atoms with Gasteiger partial charge in [-0.05, 0) is 18.9 Å². The molecule has 0 radical (unpaired) electrons. The maximum Gasteiger partial charge on any atom is 0.0637 e. The predicted molar refractivity (Wildman–Crippen MR) is 77.4 cm³/mol. The molecule has 1 heterocycles. The number of methoxy groups -OCH3 is 1. The highest BCUT2D eigenvalue weighted by Gasteiger charge is 2.16. The summed E-state index contributed by atoms with van der Waals surface area (Å²) in [6.07, 6.45) is 6.02. The van der Waals surface area contributed by atoms with Gasteiger partial charge in [-0.15, -0.1) is 0 Å². The van der Waals surface area contributed by atoms with Crippen molar-refractivity contribution in [2.45, 2.75) is 32.7 Å². The Morgan fingerprint density at radius 2 is 2.06 bits per heavy atom. The number of aromatic nitrogens is 1. The van der Waals surface area contributed by atoms with Crippen LogP contribution in [0.5, 0.6) is 0 Å². The van der Waals surface area contributed by atoms with Gasteiger partial charge in [-0.2, -0.15) is 0 Å². The first kappa shape index (κ1) is 14.8. The number of hydrogen-bond donors (Lipinski definition) is 1. The molecule has 0 amide bonds. The summed E-state index contributed by atoms with van der Waals surface area (Å²) in [5, 5.41) is 3.13. The molecule has 102 valence electrons. The van der Waals surface area contributed by atoms with Crippen molar-refractivity contribution in [3.63, 3.8) is 0 Å². The molecule has 0 aliphatic rings. The zero-order valence-corrected chi connectivity index (χ0v) is 11.9. The van der Waals surface area contributed by atoms with E-state index in [1.807, 2.05) is 19.4 Å². The van der Waals surface area contributed by atoms with Crippen molar-refractivity contribution in [1.82, 2.24) is 4.98 Å². The molecule has 1 aromatic rings. The highest BCUT2D eigenvalue weighted by atomic mass is 16.5. The molecule has 0 atom stereocenters. The Balaban J connectivity index is 2.92. The van der Waals surface area contributed by atoms with E-state index in [1.54, 1.807) is 7.11 Å². The van der Waals surface area contributed by atoms with Crippen molar-refractivity contribution in [1.29, 1.82) is 0 Å². The second-order valence-electron chi connectivity index (χ2n) is 4.34. The van der Waals surface area contributed by atoms with Gasteiger partial charge in [-0.1, -0.05) is 13.8 Å². The molecule has 4 nitrogen and oxygen atoms in total. The van der Waals surface area contributed by atoms with E-state index < -0.39 is 0 Å². The van der Waals surface area contributed by atoms with Crippen molar-refractivity contribution >= 4 is 11.4 Å². The van der Waals surface area contributed by atoms with Crippen LogP contribution in [-0.4, -0.2) is 38.3 Å². The monoisotopic (exact) mass is 251 g/mol. The van der Waals surface area contributed by atoms with Crippen molar-refractivity contribution in [3.8, 4) is 0 Å². The predicted octanol–water partition coefficient (Wildman–Crippen LogP) is 2.76. The van der Waals surface area contributed by atoms with Gasteiger partial charge in [0.2, 0.25) is 0 Å². The number of hydrogen-bond acceptors (Lipinski definition) is 4. The standard InChI is InChI=1S/C14H25N3O/c1-5-13(6-2)17(7-8-18-4)14-9-12(15-3)10-16-11-14/h9-11,13,15H,5-8H2,1-4H3. The van der Waals surface area contributed by atoms with Gasteiger partial charge in [-0.3, -0.25) is 4.98 Å². The van der Waals surface area contributed by atoms with E-state index in [4.69, 9.17) is 4.74 Å². The Labute approximate surface area is 110 Å². The maximum absolute atomic E-state index is 5.21. The molecule has 18 heavy (non-hydrogen) atoms. The third-order valence-corrected chi connectivity index (χ3v) is 3.26. The van der Waals surface area contributed by atoms with E-state index >= 15 is 0 Å². The highest BCUT2D eigenvalue weighted by Crippen LogP contribution is 2.22. The number of nitrogens with one attached hydrogen (secondary N) is 1. The summed E-state index contributed by atoms with van der Waals surface area (Å²) in [5.74, 6) is 0. The number of pyridine rings is 1. The van der Waals surface area contributed by atoms with Crippen LogP contribution in [0.3, 0.4) is 0 Å². The Kier molecular flexibility index (Phi) is 6.50. The van der Waals surface area contributed by atoms with Gasteiger partial charge in [0, 0.05) is 26.7 Å². The first-order valence-corrected chi connectivity index (χ1v) is 6.65. The largest absolute Gasteiger partial charge is 0.387 e. The van der Waals surface area contributed by atoms with Gasteiger partial charge in [0.05, 0.1) is 30.4 Å². The molecule has 0 saturated carbocycles. The fourth-order valence-corrected chi connectivity index (χ4v) is 2.16. The Bertz CT molecular complexity index is 340. The molecule has 0 aliphatic carbocycles. The zero-order chi connectivity index (χ0) is 13.4. The average molecular weight is 251 g/mol. The minimum Gasteiger partial charge on any atom is -0.387 e. The van der Waals surface area contributed by atoms with Crippen LogP contribution >= 0.6 is 0 Å². The molecule has 0 fully saturated rings. The normalized spacial score (nSPS) is 10.7. The second kappa shape index (κ2) is 7.93. The Morgan fingerprint density at radius 3 is 2.61 bits per heavy atom. The number of anilines is 2. The molecule has 1 aromatic heterocycles. The van der Waals surface area contributed by atoms with Crippen molar-refractivity contribution in [3.05, 3.63) is 18.5 Å². The van der Waals surface area contributed by atoms with Gasteiger partial charge in [0.15, 0.2) is 0 Å². The van der Waals surface area contributed by atoms with Crippen molar-refractivity contribution < 1.29 is 4.74 Å². The topological polar surface area (TPSA) is 37.4 Å². The fourth-order valence-electron chi connectivity index (χ4n) is 2.16. The van der Waals surface area contributed by atoms with E-state index in [1.165, 1.54) is 0 Å². The van der Waals surface area contributed by atoms with Crippen LogP contribution < -0.4 is 10.2 Å². The van der Waals surface area contributed by atoms with Crippen LogP contribution in [0, 0.1) is 0 Å². The summed E-state index contributed by atoms with van der Waals surface area (Å²) in [6.45, 7) is 6.09. The molecule has 0 aliphatic heterocycles. The lowest BCUT2D eigenvalue weighted by molar-refractivity contribution is 0.202. The van der Waals surface area contributed by atoms with E-state index in [9.17, 15) is 0 Å². The highest BCUT2D eigenvalue weighted by molar-refractivity contribution is 5.55. The Morgan fingerprint density at radius 1 is 1.33 bits per heavy atom. The van der Waals surface area contributed by atoms with E-state index in [0.29, 0.717) is 6.04 Å². The lowest BCUT2D eigenvalue weighted by Crippen LogP contribution is -2.37. The van der Waals surface area contributed by atoms with Gasteiger partial charge in [-0.25, -0.2) is 0 Å². The summed E-state index contributed by atoms with van der Waals surface area (Å²) in [5.41, 5.74) is 2.20. The number of ether oxygens (including phenoxy) is 1. The molecule has 0 aromatic carbocycles. The van der Waals surface area contributed by atoms with Gasteiger partial charge in [0.1, 0.15) is 0 Å².